The van der Waals surface area contributed by atoms with Crippen LogP contribution in [0.2, 0.25) is 0 Å². The summed E-state index contributed by atoms with van der Waals surface area (Å²) in [5, 5.41) is 12.2. The number of carbonyl (C=O) groups is 1. The number of aliphatic hydroxyl groups is 1. The van der Waals surface area contributed by atoms with Crippen LogP contribution in [0.25, 0.3) is 0 Å². The van der Waals surface area contributed by atoms with Crippen LogP contribution in [-0.2, 0) is 10.0 Å². The van der Waals surface area contributed by atoms with E-state index in [0.29, 0.717) is 11.5 Å². The van der Waals surface area contributed by atoms with E-state index in [-0.39, 0.29) is 36.0 Å². The third-order valence-electron chi connectivity index (χ3n) is 7.41. The summed E-state index contributed by atoms with van der Waals surface area (Å²) in [6.45, 7) is 3.09. The molecule has 2 aliphatic rings. The number of amides is 2. The van der Waals surface area contributed by atoms with E-state index in [1.807, 2.05) is 0 Å². The van der Waals surface area contributed by atoms with Crippen LogP contribution in [0.4, 0.5) is 19.3 Å². The number of anilines is 1. The molecule has 2 aromatic carbocycles. The van der Waals surface area contributed by atoms with Crippen molar-refractivity contribution < 1.29 is 31.8 Å². The van der Waals surface area contributed by atoms with Crippen molar-refractivity contribution in [3.63, 3.8) is 0 Å². The molecule has 8 nitrogen and oxygen atoms in total. The average Bonchev–Trinajstić information content (AvgIpc) is 3.44. The van der Waals surface area contributed by atoms with Gasteiger partial charge in [-0.2, -0.15) is 4.31 Å². The number of likely N-dealkylation sites (N-methyl/N-ethyl adjacent to an activating group) is 1. The second kappa shape index (κ2) is 12.5. The van der Waals surface area contributed by atoms with Crippen molar-refractivity contribution >= 4 is 21.7 Å². The topological polar surface area (TPSA) is 99.2 Å². The molecule has 4 rings (SSSR count). The number of nitrogens with one attached hydrogen (secondary N) is 1. The summed E-state index contributed by atoms with van der Waals surface area (Å²) in [6, 6.07) is 6.10. The molecule has 0 aromatic heterocycles. The first-order chi connectivity index (χ1) is 19.0. The fourth-order valence-corrected chi connectivity index (χ4v) is 6.76. The van der Waals surface area contributed by atoms with E-state index in [0.717, 1.165) is 43.9 Å². The summed E-state index contributed by atoms with van der Waals surface area (Å²) in [4.78, 5) is 14.1. The lowest BCUT2D eigenvalue weighted by atomic mass is 10.0. The van der Waals surface area contributed by atoms with Gasteiger partial charge in [0, 0.05) is 43.1 Å². The molecule has 1 aliphatic carbocycles. The summed E-state index contributed by atoms with van der Waals surface area (Å²) in [6.07, 6.45) is 3.72. The number of carbonyl (C=O) groups excluding carboxylic acids is 1. The van der Waals surface area contributed by atoms with E-state index < -0.39 is 45.8 Å². The molecular weight excluding hydrogens is 540 g/mol. The molecular formula is C29H35F2N3O5S. The Bertz CT molecular complexity index is 1400. The third-order valence-corrected chi connectivity index (χ3v) is 9.43. The molecule has 216 valence electrons. The highest BCUT2D eigenvalue weighted by Crippen LogP contribution is 2.34. The number of benzene rings is 2. The van der Waals surface area contributed by atoms with Gasteiger partial charge in [-0.15, -0.1) is 0 Å². The molecule has 0 bridgehead atoms. The van der Waals surface area contributed by atoms with Crippen LogP contribution in [0.15, 0.2) is 41.3 Å². The van der Waals surface area contributed by atoms with E-state index in [1.165, 1.54) is 22.3 Å². The Morgan fingerprint density at radius 1 is 1.23 bits per heavy atom. The Morgan fingerprint density at radius 3 is 2.65 bits per heavy atom. The third kappa shape index (κ3) is 6.74. The first kappa shape index (κ1) is 29.8. The van der Waals surface area contributed by atoms with Crippen LogP contribution >= 0.6 is 0 Å². The van der Waals surface area contributed by atoms with Gasteiger partial charge in [0.25, 0.3) is 0 Å². The Balaban J connectivity index is 1.64. The number of aliphatic hydroxyl groups excluding tert-OH is 1. The molecule has 0 radical (unpaired) electrons. The van der Waals surface area contributed by atoms with E-state index in [4.69, 9.17) is 4.74 Å². The van der Waals surface area contributed by atoms with Crippen molar-refractivity contribution in [1.82, 2.24) is 9.21 Å². The molecule has 2 amide bonds. The molecule has 1 heterocycles. The molecule has 0 spiro atoms. The highest BCUT2D eigenvalue weighted by atomic mass is 32.2. The normalized spacial score (nSPS) is 21.6. The molecule has 1 aliphatic heterocycles. The number of hydrogen-bond donors (Lipinski definition) is 2. The Kier molecular flexibility index (Phi) is 9.33. The molecule has 2 N–H and O–H groups in total. The van der Waals surface area contributed by atoms with Gasteiger partial charge in [0.1, 0.15) is 28.4 Å². The maximum Gasteiger partial charge on any atom is 0.321 e. The Hall–Kier alpha value is -3.20. The quantitative estimate of drug-likeness (QED) is 0.514. The summed E-state index contributed by atoms with van der Waals surface area (Å²) in [5.74, 6) is 4.96. The van der Waals surface area contributed by atoms with Crippen molar-refractivity contribution in [2.24, 2.45) is 11.8 Å². The number of urea groups is 1. The predicted molar refractivity (Wildman–Crippen MR) is 147 cm³/mol. The van der Waals surface area contributed by atoms with Crippen LogP contribution in [0, 0.1) is 35.3 Å². The first-order valence-corrected chi connectivity index (χ1v) is 14.9. The van der Waals surface area contributed by atoms with Gasteiger partial charge in [0.15, 0.2) is 0 Å². The Morgan fingerprint density at radius 2 is 1.95 bits per heavy atom. The van der Waals surface area contributed by atoms with Gasteiger partial charge in [-0.1, -0.05) is 31.6 Å². The van der Waals surface area contributed by atoms with Crippen molar-refractivity contribution in [3.05, 3.63) is 53.6 Å². The summed E-state index contributed by atoms with van der Waals surface area (Å²) < 4.78 is 62.5. The van der Waals surface area contributed by atoms with Crippen LogP contribution in [0.5, 0.6) is 5.75 Å². The number of halogens is 2. The van der Waals surface area contributed by atoms with Crippen molar-refractivity contribution in [2.45, 2.75) is 56.6 Å². The minimum absolute atomic E-state index is 0.0166. The van der Waals surface area contributed by atoms with Gasteiger partial charge < -0.3 is 20.1 Å². The van der Waals surface area contributed by atoms with Crippen LogP contribution in [0.1, 0.15) is 45.1 Å². The number of sulfonamides is 1. The van der Waals surface area contributed by atoms with Gasteiger partial charge in [-0.05, 0) is 50.1 Å². The van der Waals surface area contributed by atoms with E-state index in [9.17, 15) is 27.1 Å². The predicted octanol–water partition coefficient (Wildman–Crippen LogP) is 4.44. The second-order valence-electron chi connectivity index (χ2n) is 10.6. The highest BCUT2D eigenvalue weighted by molar-refractivity contribution is 7.89. The first-order valence-electron chi connectivity index (χ1n) is 13.4. The number of rotatable bonds is 5. The van der Waals surface area contributed by atoms with Gasteiger partial charge in [-0.25, -0.2) is 22.0 Å². The minimum atomic E-state index is -4.02. The van der Waals surface area contributed by atoms with Crippen LogP contribution < -0.4 is 10.1 Å². The van der Waals surface area contributed by atoms with Crippen molar-refractivity contribution in [1.29, 1.82) is 0 Å². The fourth-order valence-electron chi connectivity index (χ4n) is 4.93. The van der Waals surface area contributed by atoms with Gasteiger partial charge in [0.05, 0.1) is 18.8 Å². The number of hydrogen-bond acceptors (Lipinski definition) is 5. The van der Waals surface area contributed by atoms with Gasteiger partial charge in [0.2, 0.25) is 10.0 Å². The zero-order valence-corrected chi connectivity index (χ0v) is 23.7. The summed E-state index contributed by atoms with van der Waals surface area (Å²) in [7, 11) is -2.54. The van der Waals surface area contributed by atoms with Gasteiger partial charge in [-0.3, -0.25) is 0 Å². The standard InChI is InChI=1S/C29H35F2N3O5S/c1-19-16-34(20(2)18-35)40(37,38)28-13-10-22(9-8-21-6-4-5-7-21)14-26(28)39-27(19)17-33(3)29(36)32-25-15-23(30)11-12-24(25)31/h10-15,19-21,27,35H,4-7,16-18H2,1-3H3,(H,32,36)/t19-,20-,27-/m1/s1. The van der Waals surface area contributed by atoms with Crippen molar-refractivity contribution in [3.8, 4) is 17.6 Å². The van der Waals surface area contributed by atoms with E-state index in [2.05, 4.69) is 17.2 Å². The van der Waals surface area contributed by atoms with E-state index >= 15 is 0 Å². The summed E-state index contributed by atoms with van der Waals surface area (Å²) >= 11 is 0. The largest absolute Gasteiger partial charge is 0.487 e. The maximum atomic E-state index is 14.1. The number of nitrogens with zero attached hydrogens (tertiary/aromatic N) is 2. The molecule has 2 aromatic rings. The lowest BCUT2D eigenvalue weighted by molar-refractivity contribution is 0.0830. The highest BCUT2D eigenvalue weighted by Gasteiger charge is 2.38. The monoisotopic (exact) mass is 575 g/mol. The minimum Gasteiger partial charge on any atom is -0.487 e. The second-order valence-corrected chi connectivity index (χ2v) is 12.4. The SMILES string of the molecule is C[C@@H]1CN([C@H](C)CO)S(=O)(=O)c2ccc(C#CC3CCCC3)cc2O[C@@H]1CN(C)C(=O)Nc1cc(F)ccc1F. The molecule has 3 atom stereocenters. The lowest BCUT2D eigenvalue weighted by Crippen LogP contribution is -2.50. The molecule has 0 saturated heterocycles. The van der Waals surface area contributed by atoms with Crippen molar-refractivity contribution in [2.75, 3.05) is 32.1 Å². The molecule has 1 fully saturated rings. The molecule has 1 saturated carbocycles. The van der Waals surface area contributed by atoms with Gasteiger partial charge >= 0.3 is 6.03 Å². The molecule has 0 unspecified atom stereocenters. The van der Waals surface area contributed by atoms with Crippen LogP contribution in [-0.4, -0.2) is 67.7 Å². The zero-order valence-electron chi connectivity index (χ0n) is 22.9. The molecule has 11 heteroatoms. The fraction of sp³-hybridized carbons (Fsp3) is 0.483. The smallest absolute Gasteiger partial charge is 0.321 e. The lowest BCUT2D eigenvalue weighted by Gasteiger charge is -2.37. The number of ether oxygens (including phenoxy) is 1. The maximum absolute atomic E-state index is 14.1. The molecule has 40 heavy (non-hydrogen) atoms. The zero-order chi connectivity index (χ0) is 29.0. The summed E-state index contributed by atoms with van der Waals surface area (Å²) in [5.41, 5.74) is 0.315. The van der Waals surface area contributed by atoms with E-state index in [1.54, 1.807) is 26.0 Å². The average molecular weight is 576 g/mol. The number of fused-ring (bicyclic) bond motifs is 1. The Labute approximate surface area is 234 Å². The van der Waals surface area contributed by atoms with Crippen LogP contribution in [0.3, 0.4) is 0 Å².